The zero-order chi connectivity index (χ0) is 12.2. The van der Waals surface area contributed by atoms with Gasteiger partial charge in [0.25, 0.3) is 10.2 Å². The zero-order valence-corrected chi connectivity index (χ0v) is 10.6. The van der Waals surface area contributed by atoms with E-state index >= 15 is 0 Å². The van der Waals surface area contributed by atoms with Gasteiger partial charge in [-0.3, -0.25) is 4.90 Å². The molecule has 0 N–H and O–H groups in total. The molecule has 7 heteroatoms. The maximum absolute atomic E-state index is 11.8. The van der Waals surface area contributed by atoms with Crippen LogP contribution in [0.4, 0.5) is 0 Å². The Morgan fingerprint density at radius 1 is 1.25 bits per heavy atom. The third-order valence-electron chi connectivity index (χ3n) is 2.66. The summed E-state index contributed by atoms with van der Waals surface area (Å²) in [4.78, 5) is 2.12. The molecule has 1 aliphatic rings. The van der Waals surface area contributed by atoms with Crippen molar-refractivity contribution in [1.29, 1.82) is 5.26 Å². The normalized spacial score (nSPS) is 19.9. The number of piperazine rings is 1. The van der Waals surface area contributed by atoms with Crippen LogP contribution in [-0.4, -0.2) is 68.7 Å². The first kappa shape index (κ1) is 13.4. The lowest BCUT2D eigenvalue weighted by atomic mass is 10.3. The van der Waals surface area contributed by atoms with Crippen molar-refractivity contribution < 1.29 is 8.42 Å². The first-order valence-electron chi connectivity index (χ1n) is 5.25. The summed E-state index contributed by atoms with van der Waals surface area (Å²) in [5.41, 5.74) is 0. The Labute approximate surface area is 97.2 Å². The van der Waals surface area contributed by atoms with E-state index in [2.05, 4.69) is 11.0 Å². The Kier molecular flexibility index (Phi) is 4.68. The summed E-state index contributed by atoms with van der Waals surface area (Å²) in [5.74, 6) is 0. The van der Waals surface area contributed by atoms with Crippen molar-refractivity contribution in [2.75, 3.05) is 46.8 Å². The van der Waals surface area contributed by atoms with Gasteiger partial charge in [-0.05, 0) is 0 Å². The van der Waals surface area contributed by atoms with Crippen LogP contribution < -0.4 is 0 Å². The van der Waals surface area contributed by atoms with Crippen LogP contribution in [0, 0.1) is 11.3 Å². The van der Waals surface area contributed by atoms with Crippen molar-refractivity contribution >= 4 is 10.2 Å². The number of hydrogen-bond donors (Lipinski definition) is 0. The van der Waals surface area contributed by atoms with Crippen LogP contribution in [0.25, 0.3) is 0 Å². The van der Waals surface area contributed by atoms with Crippen molar-refractivity contribution in [3.63, 3.8) is 0 Å². The van der Waals surface area contributed by atoms with E-state index in [-0.39, 0.29) is 0 Å². The number of rotatable bonds is 4. The standard InChI is InChI=1S/C9H18N4O2S/c1-11(2)16(14,15)13-8-6-12(7-9-13)5-3-4-10/h3,5-9H2,1-2H3. The molecule has 0 unspecified atom stereocenters. The highest BCUT2D eigenvalue weighted by molar-refractivity contribution is 7.86. The van der Waals surface area contributed by atoms with E-state index < -0.39 is 10.2 Å². The molecule has 92 valence electrons. The number of nitriles is 1. The second-order valence-electron chi connectivity index (χ2n) is 3.94. The highest BCUT2D eigenvalue weighted by atomic mass is 32.2. The van der Waals surface area contributed by atoms with E-state index in [4.69, 9.17) is 5.26 Å². The molecule has 1 rings (SSSR count). The average Bonchev–Trinajstić information content (AvgIpc) is 2.26. The summed E-state index contributed by atoms with van der Waals surface area (Å²) in [5, 5.41) is 8.46. The lowest BCUT2D eigenvalue weighted by Gasteiger charge is -2.34. The van der Waals surface area contributed by atoms with Gasteiger partial charge in [-0.2, -0.15) is 22.3 Å². The van der Waals surface area contributed by atoms with E-state index in [0.29, 0.717) is 32.6 Å². The molecule has 0 aromatic carbocycles. The van der Waals surface area contributed by atoms with Gasteiger partial charge in [-0.15, -0.1) is 0 Å². The SMILES string of the molecule is CN(C)S(=O)(=O)N1CCN(CCC#N)CC1. The van der Waals surface area contributed by atoms with Gasteiger partial charge in [0.2, 0.25) is 0 Å². The molecule has 1 fully saturated rings. The fourth-order valence-corrected chi connectivity index (χ4v) is 2.71. The Morgan fingerprint density at radius 2 is 1.81 bits per heavy atom. The van der Waals surface area contributed by atoms with Gasteiger partial charge in [-0.1, -0.05) is 0 Å². The largest absolute Gasteiger partial charge is 0.300 e. The van der Waals surface area contributed by atoms with E-state index in [1.54, 1.807) is 0 Å². The lowest BCUT2D eigenvalue weighted by molar-refractivity contribution is 0.187. The summed E-state index contributed by atoms with van der Waals surface area (Å²) < 4.78 is 26.3. The summed E-state index contributed by atoms with van der Waals surface area (Å²) in [6.07, 6.45) is 0.500. The summed E-state index contributed by atoms with van der Waals surface area (Å²) in [6.45, 7) is 3.15. The molecule has 0 saturated carbocycles. The average molecular weight is 246 g/mol. The van der Waals surface area contributed by atoms with E-state index in [0.717, 1.165) is 6.54 Å². The maximum Gasteiger partial charge on any atom is 0.281 e. The predicted molar refractivity (Wildman–Crippen MR) is 60.8 cm³/mol. The molecule has 1 saturated heterocycles. The number of nitrogens with zero attached hydrogens (tertiary/aromatic N) is 4. The van der Waals surface area contributed by atoms with Gasteiger partial charge >= 0.3 is 0 Å². The molecule has 0 spiro atoms. The van der Waals surface area contributed by atoms with Gasteiger partial charge in [0.15, 0.2) is 0 Å². The maximum atomic E-state index is 11.8. The smallest absolute Gasteiger partial charge is 0.281 e. The third kappa shape index (κ3) is 3.15. The second kappa shape index (κ2) is 5.59. The van der Waals surface area contributed by atoms with Crippen LogP contribution in [0.15, 0.2) is 0 Å². The topological polar surface area (TPSA) is 67.7 Å². The Hall–Kier alpha value is -0.680. The van der Waals surface area contributed by atoms with Crippen molar-refractivity contribution in [2.45, 2.75) is 6.42 Å². The summed E-state index contributed by atoms with van der Waals surface area (Å²) >= 11 is 0. The first-order chi connectivity index (χ1) is 7.48. The Balaban J connectivity index is 2.47. The minimum atomic E-state index is -3.27. The molecular formula is C9H18N4O2S. The highest BCUT2D eigenvalue weighted by Gasteiger charge is 2.28. The Bertz CT molecular complexity index is 352. The first-order valence-corrected chi connectivity index (χ1v) is 6.65. The predicted octanol–water partition coefficient (Wildman–Crippen LogP) is -0.676. The van der Waals surface area contributed by atoms with Crippen LogP contribution in [-0.2, 0) is 10.2 Å². The van der Waals surface area contributed by atoms with Gasteiger partial charge in [-0.25, -0.2) is 0 Å². The van der Waals surface area contributed by atoms with Gasteiger partial charge in [0.05, 0.1) is 6.07 Å². The molecule has 1 heterocycles. The monoisotopic (exact) mass is 246 g/mol. The van der Waals surface area contributed by atoms with E-state index in [1.807, 2.05) is 0 Å². The van der Waals surface area contributed by atoms with Crippen LogP contribution >= 0.6 is 0 Å². The summed E-state index contributed by atoms with van der Waals surface area (Å²) in [6, 6.07) is 2.09. The van der Waals surface area contributed by atoms with Crippen molar-refractivity contribution in [3.8, 4) is 6.07 Å². The van der Waals surface area contributed by atoms with Gasteiger partial charge < -0.3 is 0 Å². The lowest BCUT2D eigenvalue weighted by Crippen LogP contribution is -2.51. The zero-order valence-electron chi connectivity index (χ0n) is 9.76. The molecule has 0 radical (unpaired) electrons. The van der Waals surface area contributed by atoms with Crippen molar-refractivity contribution in [2.24, 2.45) is 0 Å². The molecule has 0 aromatic heterocycles. The highest BCUT2D eigenvalue weighted by Crippen LogP contribution is 2.09. The molecule has 0 aromatic rings. The van der Waals surface area contributed by atoms with Crippen LogP contribution in [0.3, 0.4) is 0 Å². The quantitative estimate of drug-likeness (QED) is 0.659. The molecular weight excluding hydrogens is 228 g/mol. The third-order valence-corrected chi connectivity index (χ3v) is 4.60. The van der Waals surface area contributed by atoms with Crippen molar-refractivity contribution in [1.82, 2.24) is 13.5 Å². The minimum Gasteiger partial charge on any atom is -0.300 e. The molecule has 0 amide bonds. The second-order valence-corrected chi connectivity index (χ2v) is 6.08. The van der Waals surface area contributed by atoms with Crippen LogP contribution in [0.2, 0.25) is 0 Å². The summed E-state index contributed by atoms with van der Waals surface area (Å²) in [7, 11) is -0.191. The van der Waals surface area contributed by atoms with E-state index in [1.165, 1.54) is 22.7 Å². The molecule has 0 atom stereocenters. The Morgan fingerprint density at radius 3 is 2.25 bits per heavy atom. The molecule has 1 aliphatic heterocycles. The van der Waals surface area contributed by atoms with Crippen molar-refractivity contribution in [3.05, 3.63) is 0 Å². The fraction of sp³-hybridized carbons (Fsp3) is 0.889. The number of hydrogen-bond acceptors (Lipinski definition) is 4. The van der Waals surface area contributed by atoms with Gasteiger partial charge in [0.1, 0.15) is 0 Å². The van der Waals surface area contributed by atoms with Gasteiger partial charge in [0, 0.05) is 53.2 Å². The molecule has 16 heavy (non-hydrogen) atoms. The van der Waals surface area contributed by atoms with Crippen LogP contribution in [0.1, 0.15) is 6.42 Å². The van der Waals surface area contributed by atoms with Crippen LogP contribution in [0.5, 0.6) is 0 Å². The fourth-order valence-electron chi connectivity index (χ4n) is 1.62. The molecule has 0 bridgehead atoms. The minimum absolute atomic E-state index is 0.500. The van der Waals surface area contributed by atoms with E-state index in [9.17, 15) is 8.42 Å². The molecule has 6 nitrogen and oxygen atoms in total. The molecule has 0 aliphatic carbocycles.